The van der Waals surface area contributed by atoms with Crippen LogP contribution in [0, 0.1) is 27.3 Å². The van der Waals surface area contributed by atoms with Gasteiger partial charge in [0.2, 0.25) is 5.82 Å². The Morgan fingerprint density at radius 1 is 1.32 bits per heavy atom. The minimum absolute atomic E-state index is 0.0616. The molecule has 0 unspecified atom stereocenters. The van der Waals surface area contributed by atoms with Gasteiger partial charge in [-0.3, -0.25) is 14.9 Å². The summed E-state index contributed by atoms with van der Waals surface area (Å²) < 4.78 is 13.2. The smallest absolute Gasteiger partial charge is 0.306 e. The number of rotatable bonds is 3. The summed E-state index contributed by atoms with van der Waals surface area (Å²) in [4.78, 5) is 21.8. The quantitative estimate of drug-likeness (QED) is 0.691. The fourth-order valence-electron chi connectivity index (χ4n) is 1.69. The van der Waals surface area contributed by atoms with Gasteiger partial charge < -0.3 is 5.32 Å². The molecule has 0 aromatic heterocycles. The molecular weight excluding hydrogens is 313 g/mol. The van der Waals surface area contributed by atoms with Crippen molar-refractivity contribution in [2.45, 2.75) is 0 Å². The van der Waals surface area contributed by atoms with Gasteiger partial charge in [0.15, 0.2) is 0 Å². The van der Waals surface area contributed by atoms with E-state index in [4.69, 9.17) is 16.9 Å². The molecule has 0 aliphatic rings. The average molecular weight is 320 g/mol. The van der Waals surface area contributed by atoms with Crippen LogP contribution in [0.2, 0.25) is 5.02 Å². The lowest BCUT2D eigenvalue weighted by molar-refractivity contribution is -0.387. The van der Waals surface area contributed by atoms with Gasteiger partial charge in [-0.1, -0.05) is 11.6 Å². The zero-order valence-electron chi connectivity index (χ0n) is 10.8. The van der Waals surface area contributed by atoms with Crippen LogP contribution in [-0.4, -0.2) is 10.8 Å². The van der Waals surface area contributed by atoms with Gasteiger partial charge in [0.25, 0.3) is 5.91 Å². The number of benzene rings is 2. The Hall–Kier alpha value is -2.98. The summed E-state index contributed by atoms with van der Waals surface area (Å²) in [7, 11) is 0. The Labute approximate surface area is 128 Å². The Bertz CT molecular complexity index is 817. The number of hydrogen-bond acceptors (Lipinski definition) is 4. The molecule has 0 atom stereocenters. The van der Waals surface area contributed by atoms with Gasteiger partial charge in [-0.05, 0) is 30.3 Å². The normalized spacial score (nSPS) is 9.86. The Balaban J connectivity index is 2.28. The van der Waals surface area contributed by atoms with E-state index in [1.807, 2.05) is 6.07 Å². The van der Waals surface area contributed by atoms with Gasteiger partial charge in [-0.15, -0.1) is 0 Å². The number of amides is 1. The maximum atomic E-state index is 13.2. The second-order valence-corrected chi connectivity index (χ2v) is 4.59. The monoisotopic (exact) mass is 319 g/mol. The summed E-state index contributed by atoms with van der Waals surface area (Å²) in [5.74, 6) is -1.60. The molecule has 0 spiro atoms. The van der Waals surface area contributed by atoms with E-state index in [9.17, 15) is 19.3 Å². The first-order chi connectivity index (χ1) is 10.4. The van der Waals surface area contributed by atoms with E-state index in [2.05, 4.69) is 5.32 Å². The number of anilines is 1. The summed E-state index contributed by atoms with van der Waals surface area (Å²) in [6.07, 6.45) is 0. The zero-order chi connectivity index (χ0) is 16.3. The highest BCUT2D eigenvalue weighted by atomic mass is 35.5. The third kappa shape index (κ3) is 3.19. The third-order valence-corrected chi connectivity index (χ3v) is 3.08. The van der Waals surface area contributed by atoms with Crippen molar-refractivity contribution in [3.05, 3.63) is 68.5 Å². The minimum Gasteiger partial charge on any atom is -0.322 e. The molecule has 1 N–H and O–H groups in total. The topological polar surface area (TPSA) is 96.0 Å². The van der Waals surface area contributed by atoms with Crippen LogP contribution in [0.15, 0.2) is 36.4 Å². The Morgan fingerprint density at radius 3 is 2.68 bits per heavy atom. The molecule has 110 valence electrons. The molecule has 0 aliphatic carbocycles. The van der Waals surface area contributed by atoms with Crippen molar-refractivity contribution < 1.29 is 14.1 Å². The molecule has 2 rings (SSSR count). The van der Waals surface area contributed by atoms with Crippen LogP contribution >= 0.6 is 11.6 Å². The first-order valence-corrected chi connectivity index (χ1v) is 6.25. The third-order valence-electron chi connectivity index (χ3n) is 2.75. The van der Waals surface area contributed by atoms with Crippen molar-refractivity contribution in [1.82, 2.24) is 0 Å². The molecule has 0 aliphatic heterocycles. The van der Waals surface area contributed by atoms with E-state index < -0.39 is 22.3 Å². The summed E-state index contributed by atoms with van der Waals surface area (Å²) in [6, 6.07) is 8.90. The second kappa shape index (κ2) is 6.20. The molecule has 0 saturated heterocycles. The molecule has 0 heterocycles. The predicted octanol–water partition coefficient (Wildman–Crippen LogP) is 3.51. The van der Waals surface area contributed by atoms with Gasteiger partial charge >= 0.3 is 5.69 Å². The highest BCUT2D eigenvalue weighted by Crippen LogP contribution is 2.23. The van der Waals surface area contributed by atoms with E-state index in [1.165, 1.54) is 24.3 Å². The van der Waals surface area contributed by atoms with Gasteiger partial charge in [-0.2, -0.15) is 9.65 Å². The molecule has 8 heteroatoms. The maximum Gasteiger partial charge on any atom is 0.306 e. The molecule has 0 radical (unpaired) electrons. The van der Waals surface area contributed by atoms with E-state index in [0.29, 0.717) is 0 Å². The molecule has 2 aromatic rings. The fraction of sp³-hybridized carbons (Fsp3) is 0. The number of halogens is 2. The largest absolute Gasteiger partial charge is 0.322 e. The van der Waals surface area contributed by atoms with Gasteiger partial charge in [0.05, 0.1) is 15.5 Å². The average Bonchev–Trinajstić information content (AvgIpc) is 2.49. The molecule has 2 aromatic carbocycles. The molecule has 0 fully saturated rings. The van der Waals surface area contributed by atoms with Crippen LogP contribution in [0.1, 0.15) is 15.9 Å². The van der Waals surface area contributed by atoms with Gasteiger partial charge in [0, 0.05) is 17.3 Å². The number of carbonyl (C=O) groups is 1. The lowest BCUT2D eigenvalue weighted by atomic mass is 10.1. The van der Waals surface area contributed by atoms with E-state index >= 15 is 0 Å². The second-order valence-electron chi connectivity index (χ2n) is 4.18. The zero-order valence-corrected chi connectivity index (χ0v) is 11.6. The molecule has 6 nitrogen and oxygen atoms in total. The van der Waals surface area contributed by atoms with Crippen molar-refractivity contribution in [2.75, 3.05) is 5.32 Å². The van der Waals surface area contributed by atoms with E-state index in [0.717, 1.165) is 12.1 Å². The summed E-state index contributed by atoms with van der Waals surface area (Å²) in [5.41, 5.74) is -0.412. The lowest BCUT2D eigenvalue weighted by Gasteiger charge is -2.06. The number of nitriles is 1. The highest BCUT2D eigenvalue weighted by Gasteiger charge is 2.16. The van der Waals surface area contributed by atoms with Crippen LogP contribution < -0.4 is 5.32 Å². The number of hydrogen-bond donors (Lipinski definition) is 1. The Kier molecular flexibility index (Phi) is 4.34. The SMILES string of the molecule is N#Cc1cc(C(=O)Nc2ccc(F)c([N+](=O)[O-])c2)ccc1Cl. The van der Waals surface area contributed by atoms with E-state index in [-0.39, 0.29) is 21.8 Å². The number of nitrogens with zero attached hydrogens (tertiary/aromatic N) is 2. The van der Waals surface area contributed by atoms with Crippen molar-refractivity contribution in [2.24, 2.45) is 0 Å². The molecule has 22 heavy (non-hydrogen) atoms. The standard InChI is InChI=1S/C14H7ClFN3O3/c15-11-3-1-8(5-9(11)7-17)14(20)18-10-2-4-12(16)13(6-10)19(21)22/h1-6H,(H,18,20). The van der Waals surface area contributed by atoms with Crippen LogP contribution in [-0.2, 0) is 0 Å². The van der Waals surface area contributed by atoms with Crippen LogP contribution in [0.5, 0.6) is 0 Å². The predicted molar refractivity (Wildman–Crippen MR) is 77.2 cm³/mol. The molecule has 1 amide bonds. The minimum atomic E-state index is -0.999. The van der Waals surface area contributed by atoms with Gasteiger partial charge in [0.1, 0.15) is 6.07 Å². The maximum absolute atomic E-state index is 13.2. The van der Waals surface area contributed by atoms with Crippen molar-refractivity contribution in [3.63, 3.8) is 0 Å². The van der Waals surface area contributed by atoms with Crippen LogP contribution in [0.3, 0.4) is 0 Å². The molecule has 0 bridgehead atoms. The summed E-state index contributed by atoms with van der Waals surface area (Å²) >= 11 is 5.76. The number of nitrogens with one attached hydrogen (secondary N) is 1. The van der Waals surface area contributed by atoms with Gasteiger partial charge in [-0.25, -0.2) is 0 Å². The van der Waals surface area contributed by atoms with Crippen molar-refractivity contribution >= 4 is 28.9 Å². The van der Waals surface area contributed by atoms with E-state index in [1.54, 1.807) is 0 Å². The van der Waals surface area contributed by atoms with Crippen molar-refractivity contribution in [3.8, 4) is 6.07 Å². The van der Waals surface area contributed by atoms with Crippen LogP contribution in [0.4, 0.5) is 15.8 Å². The number of carbonyl (C=O) groups excluding carboxylic acids is 1. The number of nitro groups is 1. The molecule has 0 saturated carbocycles. The lowest BCUT2D eigenvalue weighted by Crippen LogP contribution is -2.12. The first kappa shape index (κ1) is 15.4. The summed E-state index contributed by atoms with van der Waals surface area (Å²) in [6.45, 7) is 0. The van der Waals surface area contributed by atoms with Crippen LogP contribution in [0.25, 0.3) is 0 Å². The number of nitro benzene ring substituents is 1. The molecular formula is C14H7ClFN3O3. The van der Waals surface area contributed by atoms with Crippen molar-refractivity contribution in [1.29, 1.82) is 5.26 Å². The first-order valence-electron chi connectivity index (χ1n) is 5.87. The fourth-order valence-corrected chi connectivity index (χ4v) is 1.85. The Morgan fingerprint density at radius 2 is 2.05 bits per heavy atom. The highest BCUT2D eigenvalue weighted by molar-refractivity contribution is 6.31. The summed E-state index contributed by atoms with van der Waals surface area (Å²) in [5, 5.41) is 22.1.